The Hall–Kier alpha value is -2.34. The molecule has 0 bridgehead atoms. The summed E-state index contributed by atoms with van der Waals surface area (Å²) in [5.41, 5.74) is 3.43. The Labute approximate surface area is 145 Å². The van der Waals surface area contributed by atoms with E-state index < -0.39 is 4.92 Å². The van der Waals surface area contributed by atoms with E-state index in [1.807, 2.05) is 20.8 Å². The van der Waals surface area contributed by atoms with Gasteiger partial charge in [-0.1, -0.05) is 29.5 Å². The zero-order chi connectivity index (χ0) is 18.0. The molecule has 2 rings (SSSR count). The molecular formula is C18H20N2O3S. The zero-order valence-electron chi connectivity index (χ0n) is 14.4. The molecule has 1 amide bonds. The number of carbonyl (C=O) groups excluding carboxylic acids is 1. The highest BCUT2D eigenvalue weighted by Crippen LogP contribution is 2.35. The largest absolute Gasteiger partial charge is 0.345 e. The number of benzene rings is 2. The molecule has 126 valence electrons. The van der Waals surface area contributed by atoms with Crippen LogP contribution in [0.15, 0.2) is 40.1 Å². The molecule has 0 spiro atoms. The molecule has 0 aliphatic heterocycles. The highest BCUT2D eigenvalue weighted by molar-refractivity contribution is 7.99. The Morgan fingerprint density at radius 1 is 1.08 bits per heavy atom. The van der Waals surface area contributed by atoms with Crippen molar-refractivity contribution in [1.29, 1.82) is 0 Å². The van der Waals surface area contributed by atoms with Crippen molar-refractivity contribution in [3.05, 3.63) is 62.7 Å². The lowest BCUT2D eigenvalue weighted by molar-refractivity contribution is -0.385. The monoisotopic (exact) mass is 344 g/mol. The first-order valence-corrected chi connectivity index (χ1v) is 8.28. The molecule has 0 radical (unpaired) electrons. The molecule has 0 saturated heterocycles. The third kappa shape index (κ3) is 3.76. The Morgan fingerprint density at radius 2 is 1.67 bits per heavy atom. The first-order valence-electron chi connectivity index (χ1n) is 7.46. The van der Waals surface area contributed by atoms with Crippen LogP contribution in [0.5, 0.6) is 0 Å². The van der Waals surface area contributed by atoms with Gasteiger partial charge in [-0.15, -0.1) is 0 Å². The van der Waals surface area contributed by atoms with Gasteiger partial charge in [-0.05, 0) is 44.0 Å². The third-order valence-corrected chi connectivity index (χ3v) is 4.96. The molecule has 0 aliphatic carbocycles. The van der Waals surface area contributed by atoms with Crippen LogP contribution < -0.4 is 0 Å². The molecule has 0 saturated carbocycles. The minimum Gasteiger partial charge on any atom is -0.345 e. The average Bonchev–Trinajstić information content (AvgIpc) is 2.49. The Morgan fingerprint density at radius 3 is 2.17 bits per heavy atom. The lowest BCUT2D eigenvalue weighted by Crippen LogP contribution is -2.22. The van der Waals surface area contributed by atoms with E-state index in [1.165, 1.54) is 28.3 Å². The minimum absolute atomic E-state index is 0.109. The number of rotatable bonds is 4. The maximum atomic E-state index is 12.3. The maximum Gasteiger partial charge on any atom is 0.282 e. The number of aryl methyl sites for hydroxylation is 3. The number of hydrogen-bond donors (Lipinski definition) is 0. The van der Waals surface area contributed by atoms with Crippen molar-refractivity contribution in [1.82, 2.24) is 4.90 Å². The SMILES string of the molecule is Cc1cc(C)c(Sc2ccc([N+](=O)[O-])c(C(=O)N(C)C)c2)c(C)c1. The molecule has 5 nitrogen and oxygen atoms in total. The third-order valence-electron chi connectivity index (χ3n) is 3.63. The van der Waals surface area contributed by atoms with Crippen LogP contribution in [0.1, 0.15) is 27.0 Å². The highest BCUT2D eigenvalue weighted by Gasteiger charge is 2.22. The molecule has 0 fully saturated rings. The van der Waals surface area contributed by atoms with E-state index in [1.54, 1.807) is 26.2 Å². The maximum absolute atomic E-state index is 12.3. The number of nitro groups is 1. The van der Waals surface area contributed by atoms with Gasteiger partial charge in [-0.3, -0.25) is 14.9 Å². The fraction of sp³-hybridized carbons (Fsp3) is 0.278. The number of hydrogen-bond acceptors (Lipinski definition) is 4. The molecule has 6 heteroatoms. The van der Waals surface area contributed by atoms with Crippen LogP contribution in [0.3, 0.4) is 0 Å². The van der Waals surface area contributed by atoms with Gasteiger partial charge in [0.05, 0.1) is 4.92 Å². The van der Waals surface area contributed by atoms with E-state index in [0.717, 1.165) is 20.9 Å². The van der Waals surface area contributed by atoms with Gasteiger partial charge in [0, 0.05) is 30.0 Å². The van der Waals surface area contributed by atoms with Gasteiger partial charge in [-0.25, -0.2) is 0 Å². The second kappa shape index (κ2) is 7.05. The van der Waals surface area contributed by atoms with Gasteiger partial charge in [0.1, 0.15) is 5.56 Å². The molecule has 0 aromatic heterocycles. The molecule has 0 aliphatic rings. The van der Waals surface area contributed by atoms with Gasteiger partial charge in [0.15, 0.2) is 0 Å². The van der Waals surface area contributed by atoms with Gasteiger partial charge >= 0.3 is 0 Å². The van der Waals surface area contributed by atoms with Crippen LogP contribution >= 0.6 is 11.8 Å². The molecule has 0 N–H and O–H groups in total. The lowest BCUT2D eigenvalue weighted by Gasteiger charge is -2.13. The van der Waals surface area contributed by atoms with Crippen molar-refractivity contribution in [3.8, 4) is 0 Å². The molecular weight excluding hydrogens is 324 g/mol. The van der Waals surface area contributed by atoms with Gasteiger partial charge in [0.25, 0.3) is 11.6 Å². The molecule has 2 aromatic carbocycles. The van der Waals surface area contributed by atoms with E-state index >= 15 is 0 Å². The van der Waals surface area contributed by atoms with Crippen LogP contribution in [0.2, 0.25) is 0 Å². The summed E-state index contributed by atoms with van der Waals surface area (Å²) in [5, 5.41) is 11.2. The van der Waals surface area contributed by atoms with Crippen molar-refractivity contribution >= 4 is 23.4 Å². The predicted molar refractivity (Wildman–Crippen MR) is 95.9 cm³/mol. The van der Waals surface area contributed by atoms with Crippen molar-refractivity contribution in [2.75, 3.05) is 14.1 Å². The number of nitro benzene ring substituents is 1. The summed E-state index contributed by atoms with van der Waals surface area (Å²) in [6, 6.07) is 8.90. The highest BCUT2D eigenvalue weighted by atomic mass is 32.2. The van der Waals surface area contributed by atoms with Crippen molar-refractivity contribution in [2.45, 2.75) is 30.6 Å². The van der Waals surface area contributed by atoms with E-state index in [4.69, 9.17) is 0 Å². The molecule has 0 atom stereocenters. The second-order valence-electron chi connectivity index (χ2n) is 5.97. The average molecular weight is 344 g/mol. The smallest absolute Gasteiger partial charge is 0.282 e. The predicted octanol–water partition coefficient (Wildman–Crippen LogP) is 4.37. The Balaban J connectivity index is 2.48. The summed E-state index contributed by atoms with van der Waals surface area (Å²) < 4.78 is 0. The van der Waals surface area contributed by atoms with Gasteiger partial charge in [0.2, 0.25) is 0 Å². The normalized spacial score (nSPS) is 10.5. The lowest BCUT2D eigenvalue weighted by atomic mass is 10.1. The summed E-state index contributed by atoms with van der Waals surface area (Å²) >= 11 is 1.52. The standard InChI is InChI=1S/C18H20N2O3S/c1-11-8-12(2)17(13(3)9-11)24-14-6-7-16(20(22)23)15(10-14)18(21)19(4)5/h6-10H,1-5H3. The van der Waals surface area contributed by atoms with Crippen LogP contribution in [0.25, 0.3) is 0 Å². The summed E-state index contributed by atoms with van der Waals surface area (Å²) in [6.07, 6.45) is 0. The molecule has 0 unspecified atom stereocenters. The van der Waals surface area contributed by atoms with Crippen LogP contribution in [-0.4, -0.2) is 29.8 Å². The zero-order valence-corrected chi connectivity index (χ0v) is 15.2. The number of amides is 1. The molecule has 0 heterocycles. The molecule has 24 heavy (non-hydrogen) atoms. The minimum atomic E-state index is -0.520. The summed E-state index contributed by atoms with van der Waals surface area (Å²) in [6.45, 7) is 6.13. The van der Waals surface area contributed by atoms with Crippen molar-refractivity contribution in [3.63, 3.8) is 0 Å². The van der Waals surface area contributed by atoms with Gasteiger partial charge < -0.3 is 4.90 Å². The molecule has 2 aromatic rings. The number of carbonyl (C=O) groups is 1. The topological polar surface area (TPSA) is 63.5 Å². The van der Waals surface area contributed by atoms with Crippen molar-refractivity contribution in [2.24, 2.45) is 0 Å². The Bertz CT molecular complexity index is 793. The van der Waals surface area contributed by atoms with E-state index in [2.05, 4.69) is 12.1 Å². The quantitative estimate of drug-likeness (QED) is 0.610. The van der Waals surface area contributed by atoms with E-state index in [9.17, 15) is 14.9 Å². The Kier molecular flexibility index (Phi) is 5.29. The fourth-order valence-corrected chi connectivity index (χ4v) is 3.58. The number of nitrogens with zero attached hydrogens (tertiary/aromatic N) is 2. The fourth-order valence-electron chi connectivity index (χ4n) is 2.60. The second-order valence-corrected chi connectivity index (χ2v) is 7.05. The summed E-state index contributed by atoms with van der Waals surface area (Å²) in [5.74, 6) is -0.374. The van der Waals surface area contributed by atoms with Crippen LogP contribution in [0, 0.1) is 30.9 Å². The summed E-state index contributed by atoms with van der Waals surface area (Å²) in [7, 11) is 3.17. The van der Waals surface area contributed by atoms with Crippen molar-refractivity contribution < 1.29 is 9.72 Å². The van der Waals surface area contributed by atoms with Crippen LogP contribution in [0.4, 0.5) is 5.69 Å². The van der Waals surface area contributed by atoms with E-state index in [-0.39, 0.29) is 17.2 Å². The first kappa shape index (κ1) is 18.0. The van der Waals surface area contributed by atoms with Gasteiger partial charge in [-0.2, -0.15) is 0 Å². The van der Waals surface area contributed by atoms with Crippen LogP contribution in [-0.2, 0) is 0 Å². The summed E-state index contributed by atoms with van der Waals surface area (Å²) in [4.78, 5) is 26.2. The van der Waals surface area contributed by atoms with E-state index in [0.29, 0.717) is 0 Å². The first-order chi connectivity index (χ1) is 11.2.